The van der Waals surface area contributed by atoms with Gasteiger partial charge in [-0.05, 0) is 49.3 Å². The van der Waals surface area contributed by atoms with Gasteiger partial charge in [0.15, 0.2) is 0 Å². The van der Waals surface area contributed by atoms with Gasteiger partial charge in [-0.25, -0.2) is 0 Å². The Balaban J connectivity index is 3.03. The average molecular weight is 287 g/mol. The van der Waals surface area contributed by atoms with Gasteiger partial charge in [0, 0.05) is 17.2 Å². The molecule has 0 radical (unpaired) electrons. The fourth-order valence-electron chi connectivity index (χ4n) is 2.68. The molecule has 0 aromatic heterocycles. The first-order valence-corrected chi connectivity index (χ1v) is 7.68. The molecule has 1 rings (SSSR count). The van der Waals surface area contributed by atoms with E-state index in [0.29, 0.717) is 17.7 Å². The molecule has 1 aromatic rings. The predicted molar refractivity (Wildman–Crippen MR) is 82.9 cm³/mol. The summed E-state index contributed by atoms with van der Waals surface area (Å²) in [6.45, 7) is 8.81. The maximum Gasteiger partial charge on any atom is 0.0294 e. The van der Waals surface area contributed by atoms with E-state index in [4.69, 9.17) is 23.2 Å². The quantitative estimate of drug-likeness (QED) is 0.618. The molecule has 2 heteroatoms. The van der Waals surface area contributed by atoms with Crippen LogP contribution in [0.5, 0.6) is 0 Å². The number of halogens is 2. The highest BCUT2D eigenvalue weighted by Crippen LogP contribution is 2.35. The number of hydrogen-bond acceptors (Lipinski definition) is 0. The summed E-state index contributed by atoms with van der Waals surface area (Å²) in [6, 6.07) is 6.45. The van der Waals surface area contributed by atoms with Crippen LogP contribution in [0.4, 0.5) is 0 Å². The molecule has 0 saturated carbocycles. The van der Waals surface area contributed by atoms with Crippen LogP contribution >= 0.6 is 23.2 Å². The minimum Gasteiger partial charge on any atom is -0.126 e. The van der Waals surface area contributed by atoms with Crippen LogP contribution in [0.1, 0.15) is 37.0 Å². The van der Waals surface area contributed by atoms with Crippen LogP contribution in [0.15, 0.2) is 18.2 Å². The largest absolute Gasteiger partial charge is 0.126 e. The molecule has 18 heavy (non-hydrogen) atoms. The Hall–Kier alpha value is -0.200. The van der Waals surface area contributed by atoms with Crippen LogP contribution in [0.3, 0.4) is 0 Å². The third-order valence-corrected chi connectivity index (χ3v) is 4.74. The predicted octanol–water partition coefficient (Wildman–Crippen LogP) is 5.36. The summed E-state index contributed by atoms with van der Waals surface area (Å²) in [5.74, 6) is 1.87. The Morgan fingerprint density at radius 1 is 1.06 bits per heavy atom. The maximum absolute atomic E-state index is 6.24. The van der Waals surface area contributed by atoms with E-state index in [2.05, 4.69) is 45.9 Å². The maximum atomic E-state index is 6.24. The van der Waals surface area contributed by atoms with Gasteiger partial charge in [-0.3, -0.25) is 0 Å². The summed E-state index contributed by atoms with van der Waals surface area (Å²) in [7, 11) is 0. The molecule has 0 bridgehead atoms. The Morgan fingerprint density at radius 3 is 1.94 bits per heavy atom. The third kappa shape index (κ3) is 3.90. The normalized spacial score (nSPS) is 12.2. The molecule has 1 aromatic carbocycles. The second kappa shape index (κ2) is 6.82. The van der Waals surface area contributed by atoms with Gasteiger partial charge in [-0.1, -0.05) is 32.0 Å². The zero-order chi connectivity index (χ0) is 13.8. The molecule has 0 fully saturated rings. The lowest BCUT2D eigenvalue weighted by atomic mass is 9.77. The second-order valence-electron chi connectivity index (χ2n) is 5.91. The van der Waals surface area contributed by atoms with E-state index in [0.717, 1.165) is 12.8 Å². The Bertz CT molecular complexity index is 358. The summed E-state index contributed by atoms with van der Waals surface area (Å²) in [5.41, 5.74) is 4.13. The first kappa shape index (κ1) is 15.9. The van der Waals surface area contributed by atoms with Crippen molar-refractivity contribution in [3.05, 3.63) is 34.9 Å². The van der Waals surface area contributed by atoms with Crippen LogP contribution in [-0.2, 0) is 6.42 Å². The van der Waals surface area contributed by atoms with Gasteiger partial charge in [0.25, 0.3) is 0 Å². The minimum atomic E-state index is 0.0220. The van der Waals surface area contributed by atoms with E-state index in [-0.39, 0.29) is 5.41 Å². The molecule has 102 valence electrons. The van der Waals surface area contributed by atoms with E-state index in [1.165, 1.54) is 16.7 Å². The second-order valence-corrected chi connectivity index (χ2v) is 6.45. The fraction of sp³-hybridized carbons (Fsp3) is 0.625. The lowest BCUT2D eigenvalue weighted by Crippen LogP contribution is -2.30. The summed E-state index contributed by atoms with van der Waals surface area (Å²) in [6.07, 6.45) is 2.06. The molecule has 0 aliphatic heterocycles. The molecule has 0 aliphatic carbocycles. The fourth-order valence-corrected chi connectivity index (χ4v) is 3.37. The molecule has 0 aliphatic rings. The van der Waals surface area contributed by atoms with Crippen molar-refractivity contribution in [1.82, 2.24) is 0 Å². The SMILES string of the molecule is Cc1cccc(C)c1CC(CCl)(CCl)CC(C)C. The first-order chi connectivity index (χ1) is 8.44. The highest BCUT2D eigenvalue weighted by atomic mass is 35.5. The van der Waals surface area contributed by atoms with Gasteiger partial charge in [0.05, 0.1) is 0 Å². The number of benzene rings is 1. The molecular formula is C16H24Cl2. The Morgan fingerprint density at radius 2 is 1.56 bits per heavy atom. The van der Waals surface area contributed by atoms with E-state index >= 15 is 0 Å². The van der Waals surface area contributed by atoms with Crippen molar-refractivity contribution in [2.45, 2.75) is 40.5 Å². The number of aryl methyl sites for hydroxylation is 2. The average Bonchev–Trinajstić information content (AvgIpc) is 2.32. The van der Waals surface area contributed by atoms with Crippen molar-refractivity contribution in [3.8, 4) is 0 Å². The first-order valence-electron chi connectivity index (χ1n) is 6.61. The van der Waals surface area contributed by atoms with Gasteiger partial charge in [0.2, 0.25) is 0 Å². The molecule has 0 spiro atoms. The molecule has 0 atom stereocenters. The standard InChI is InChI=1S/C16H24Cl2/c1-12(2)8-16(10-17,11-18)9-15-13(3)6-5-7-14(15)4/h5-7,12H,8-11H2,1-4H3. The van der Waals surface area contributed by atoms with Crippen molar-refractivity contribution < 1.29 is 0 Å². The zero-order valence-corrected chi connectivity index (χ0v) is 13.4. The molecule has 0 heterocycles. The molecular weight excluding hydrogens is 263 g/mol. The third-order valence-electron chi connectivity index (χ3n) is 3.60. The van der Waals surface area contributed by atoms with E-state index < -0.39 is 0 Å². The number of alkyl halides is 2. The van der Waals surface area contributed by atoms with Gasteiger partial charge in [-0.2, -0.15) is 0 Å². The molecule has 0 saturated heterocycles. The van der Waals surface area contributed by atoms with Crippen LogP contribution < -0.4 is 0 Å². The van der Waals surface area contributed by atoms with Crippen molar-refractivity contribution in [3.63, 3.8) is 0 Å². The monoisotopic (exact) mass is 286 g/mol. The summed E-state index contributed by atoms with van der Waals surface area (Å²) < 4.78 is 0. The molecule has 0 amide bonds. The Kier molecular flexibility index (Phi) is 6.01. The Labute approximate surface area is 122 Å². The van der Waals surface area contributed by atoms with Crippen molar-refractivity contribution >= 4 is 23.2 Å². The number of rotatable bonds is 6. The lowest BCUT2D eigenvalue weighted by Gasteiger charge is -2.32. The van der Waals surface area contributed by atoms with E-state index in [1.54, 1.807) is 0 Å². The minimum absolute atomic E-state index is 0.0220. The van der Waals surface area contributed by atoms with Crippen LogP contribution in [0.25, 0.3) is 0 Å². The smallest absolute Gasteiger partial charge is 0.0294 e. The highest BCUT2D eigenvalue weighted by molar-refractivity contribution is 6.21. The van der Waals surface area contributed by atoms with Crippen LogP contribution in [0, 0.1) is 25.2 Å². The van der Waals surface area contributed by atoms with Gasteiger partial charge in [-0.15, -0.1) is 23.2 Å². The lowest BCUT2D eigenvalue weighted by molar-refractivity contribution is 0.294. The summed E-state index contributed by atoms with van der Waals surface area (Å²) in [5, 5.41) is 0. The van der Waals surface area contributed by atoms with Gasteiger partial charge >= 0.3 is 0 Å². The van der Waals surface area contributed by atoms with Crippen molar-refractivity contribution in [1.29, 1.82) is 0 Å². The van der Waals surface area contributed by atoms with E-state index in [9.17, 15) is 0 Å². The van der Waals surface area contributed by atoms with Crippen LogP contribution in [0.2, 0.25) is 0 Å². The van der Waals surface area contributed by atoms with Crippen molar-refractivity contribution in [2.24, 2.45) is 11.3 Å². The zero-order valence-electron chi connectivity index (χ0n) is 11.9. The number of hydrogen-bond donors (Lipinski definition) is 0. The molecule has 0 unspecified atom stereocenters. The van der Waals surface area contributed by atoms with Crippen LogP contribution in [-0.4, -0.2) is 11.8 Å². The van der Waals surface area contributed by atoms with Gasteiger partial charge < -0.3 is 0 Å². The topological polar surface area (TPSA) is 0 Å². The van der Waals surface area contributed by atoms with E-state index in [1.807, 2.05) is 0 Å². The summed E-state index contributed by atoms with van der Waals surface area (Å²) >= 11 is 12.5. The summed E-state index contributed by atoms with van der Waals surface area (Å²) in [4.78, 5) is 0. The van der Waals surface area contributed by atoms with Gasteiger partial charge in [0.1, 0.15) is 0 Å². The van der Waals surface area contributed by atoms with Crippen molar-refractivity contribution in [2.75, 3.05) is 11.8 Å². The molecule has 0 nitrogen and oxygen atoms in total. The molecule has 0 N–H and O–H groups in total. The highest BCUT2D eigenvalue weighted by Gasteiger charge is 2.30.